The lowest BCUT2D eigenvalue weighted by molar-refractivity contribution is -0.192. The molecule has 2 amide bonds. The number of imidazole rings is 1. The quantitative estimate of drug-likeness (QED) is 0.242. The second kappa shape index (κ2) is 12.9. The van der Waals surface area contributed by atoms with Gasteiger partial charge in [0, 0.05) is 38.0 Å². The van der Waals surface area contributed by atoms with E-state index in [2.05, 4.69) is 25.5 Å². The highest BCUT2D eigenvalue weighted by Crippen LogP contribution is 2.29. The summed E-state index contributed by atoms with van der Waals surface area (Å²) in [6.45, 7) is 6.29. The van der Waals surface area contributed by atoms with Crippen LogP contribution in [0.3, 0.4) is 0 Å². The van der Waals surface area contributed by atoms with Crippen LogP contribution < -0.4 is 10.1 Å². The van der Waals surface area contributed by atoms with Crippen LogP contribution in [0.2, 0.25) is 0 Å². The lowest BCUT2D eigenvalue weighted by atomic mass is 10.3. The number of aliphatic carboxylic acids is 1. The number of carboxylic acids is 1. The Kier molecular flexibility index (Phi) is 10.2. The zero-order valence-electron chi connectivity index (χ0n) is 20.7. The van der Waals surface area contributed by atoms with Gasteiger partial charge in [-0.1, -0.05) is 0 Å². The molecule has 3 rings (SSSR count). The van der Waals surface area contributed by atoms with E-state index in [4.69, 9.17) is 14.6 Å². The summed E-state index contributed by atoms with van der Waals surface area (Å²) < 4.78 is 51.7. The minimum atomic E-state index is -5.08. The number of alkyl halides is 3. The molecule has 0 aliphatic heterocycles. The summed E-state index contributed by atoms with van der Waals surface area (Å²) in [5, 5.41) is 16.9. The lowest BCUT2D eigenvalue weighted by Crippen LogP contribution is -2.34. The molecule has 37 heavy (non-hydrogen) atoms. The Bertz CT molecular complexity index is 1190. The first-order chi connectivity index (χ1) is 17.4. The van der Waals surface area contributed by atoms with E-state index in [0.717, 1.165) is 13.0 Å². The molecule has 0 unspecified atom stereocenters. The third kappa shape index (κ3) is 8.34. The molecule has 0 aliphatic carbocycles. The predicted molar refractivity (Wildman–Crippen MR) is 128 cm³/mol. The number of halogens is 4. The van der Waals surface area contributed by atoms with Gasteiger partial charge in [-0.25, -0.2) is 19.0 Å². The molecule has 2 heterocycles. The summed E-state index contributed by atoms with van der Waals surface area (Å²) in [5.74, 6) is -2.63. The van der Waals surface area contributed by atoms with Crippen molar-refractivity contribution in [1.29, 1.82) is 0 Å². The van der Waals surface area contributed by atoms with Gasteiger partial charge in [-0.15, -0.1) is 0 Å². The molecule has 2 aromatic heterocycles. The average molecular weight is 532 g/mol. The zero-order chi connectivity index (χ0) is 27.8. The van der Waals surface area contributed by atoms with Gasteiger partial charge in [0.15, 0.2) is 23.1 Å². The summed E-state index contributed by atoms with van der Waals surface area (Å²) in [7, 11) is 3.96. The monoisotopic (exact) mass is 531 g/mol. The van der Waals surface area contributed by atoms with Crippen molar-refractivity contribution in [2.75, 3.05) is 45.7 Å². The molecule has 0 spiro atoms. The highest BCUT2D eigenvalue weighted by Gasteiger charge is 2.38. The van der Waals surface area contributed by atoms with E-state index in [1.165, 1.54) is 6.07 Å². The minimum absolute atomic E-state index is 0.175. The molecule has 0 aliphatic rings. The number of hydrogen-bond donors (Lipinski definition) is 4. The number of carboxylic acid groups (broad SMARTS) is 1. The molecule has 4 N–H and O–H groups in total. The topological polar surface area (TPSA) is 139 Å². The van der Waals surface area contributed by atoms with Crippen LogP contribution in [0.15, 0.2) is 18.3 Å². The van der Waals surface area contributed by atoms with E-state index in [0.29, 0.717) is 47.9 Å². The summed E-state index contributed by atoms with van der Waals surface area (Å²) in [4.78, 5) is 32.5. The third-order valence-electron chi connectivity index (χ3n) is 4.94. The number of rotatable bonds is 9. The first-order valence-corrected chi connectivity index (χ1v) is 11.2. The Morgan fingerprint density at radius 1 is 1.19 bits per heavy atom. The number of fused-ring (bicyclic) bond motifs is 1. The van der Waals surface area contributed by atoms with Crippen molar-refractivity contribution in [3.05, 3.63) is 24.1 Å². The van der Waals surface area contributed by atoms with Crippen molar-refractivity contribution in [2.24, 2.45) is 0 Å². The number of amides is 2. The Hall–Kier alpha value is -3.88. The fourth-order valence-electron chi connectivity index (χ4n) is 3.07. The third-order valence-corrected chi connectivity index (χ3v) is 4.94. The fraction of sp³-hybridized carbons (Fsp3) is 0.455. The van der Waals surface area contributed by atoms with Crippen molar-refractivity contribution in [3.8, 4) is 17.3 Å². The molecule has 0 radical (unpaired) electrons. The van der Waals surface area contributed by atoms with Crippen LogP contribution in [0.4, 0.5) is 28.0 Å². The average Bonchev–Trinajstić information content (AvgIpc) is 3.43. The number of anilines is 1. The first kappa shape index (κ1) is 29.4. The van der Waals surface area contributed by atoms with Gasteiger partial charge in [0.1, 0.15) is 0 Å². The van der Waals surface area contributed by atoms with E-state index in [1.54, 1.807) is 17.2 Å². The van der Waals surface area contributed by atoms with Gasteiger partial charge >= 0.3 is 18.2 Å². The number of carbonyl (C=O) groups excluding carboxylic acids is 1. The number of nitrogens with zero attached hydrogens (tertiary/aromatic N) is 4. The van der Waals surface area contributed by atoms with Gasteiger partial charge < -0.3 is 29.9 Å². The number of nitrogens with one attached hydrogen (secondary N) is 3. The van der Waals surface area contributed by atoms with E-state index in [9.17, 15) is 22.4 Å². The minimum Gasteiger partial charge on any atom is -0.490 e. The van der Waals surface area contributed by atoms with E-state index >= 15 is 0 Å². The smallest absolute Gasteiger partial charge is 0.490 e. The maximum absolute atomic E-state index is 14.4. The van der Waals surface area contributed by atoms with Crippen molar-refractivity contribution in [2.45, 2.75) is 26.4 Å². The number of aromatic amines is 2. The number of aromatic nitrogens is 4. The molecule has 0 fully saturated rings. The van der Waals surface area contributed by atoms with Gasteiger partial charge in [0.05, 0.1) is 23.3 Å². The molecular weight excluding hydrogens is 502 g/mol. The molecule has 15 heteroatoms. The van der Waals surface area contributed by atoms with Crippen LogP contribution in [0.25, 0.3) is 22.6 Å². The Balaban J connectivity index is 0.000000604. The van der Waals surface area contributed by atoms with Crippen LogP contribution in [0, 0.1) is 5.82 Å². The Labute approximate surface area is 209 Å². The SMILES string of the molecule is CCN(CC)C(=O)Nc1c[nH]nc1-c1nc2cc(F)c(OCCCN(C)C)cc2[nH]1.O=C(O)C(F)(F)F. The fourth-order valence-corrected chi connectivity index (χ4v) is 3.07. The molecule has 0 saturated carbocycles. The molecule has 204 valence electrons. The first-order valence-electron chi connectivity index (χ1n) is 11.2. The zero-order valence-corrected chi connectivity index (χ0v) is 20.7. The maximum atomic E-state index is 14.4. The Morgan fingerprint density at radius 3 is 2.41 bits per heavy atom. The highest BCUT2D eigenvalue weighted by molar-refractivity contribution is 5.93. The number of H-pyrrole nitrogens is 2. The highest BCUT2D eigenvalue weighted by atomic mass is 19.4. The van der Waals surface area contributed by atoms with E-state index in [1.807, 2.05) is 32.8 Å². The van der Waals surface area contributed by atoms with Gasteiger partial charge in [-0.05, 0) is 34.4 Å². The van der Waals surface area contributed by atoms with E-state index in [-0.39, 0.29) is 11.8 Å². The van der Waals surface area contributed by atoms with Crippen LogP contribution in [-0.2, 0) is 4.79 Å². The Morgan fingerprint density at radius 2 is 1.84 bits per heavy atom. The summed E-state index contributed by atoms with van der Waals surface area (Å²) in [6, 6.07) is 2.70. The number of urea groups is 1. The number of ether oxygens (including phenoxy) is 1. The van der Waals surface area contributed by atoms with Crippen molar-refractivity contribution < 1.29 is 37.0 Å². The number of hydrogen-bond acceptors (Lipinski definition) is 6. The molecule has 3 aromatic rings. The molecule has 0 saturated heterocycles. The largest absolute Gasteiger partial charge is 0.490 e. The molecule has 1 aromatic carbocycles. The predicted octanol–water partition coefficient (Wildman–Crippen LogP) is 3.93. The normalized spacial score (nSPS) is 11.3. The van der Waals surface area contributed by atoms with Gasteiger partial charge in [0.25, 0.3) is 0 Å². The van der Waals surface area contributed by atoms with Crippen LogP contribution >= 0.6 is 0 Å². The van der Waals surface area contributed by atoms with Gasteiger partial charge in [0.2, 0.25) is 0 Å². The van der Waals surface area contributed by atoms with Gasteiger partial charge in [-0.3, -0.25) is 5.10 Å². The molecule has 11 nitrogen and oxygen atoms in total. The van der Waals surface area contributed by atoms with Gasteiger partial charge in [-0.2, -0.15) is 18.3 Å². The summed E-state index contributed by atoms with van der Waals surface area (Å²) >= 11 is 0. The van der Waals surface area contributed by atoms with Crippen LogP contribution in [0.1, 0.15) is 20.3 Å². The maximum Gasteiger partial charge on any atom is 0.490 e. The van der Waals surface area contributed by atoms with E-state index < -0.39 is 18.0 Å². The van der Waals surface area contributed by atoms with Crippen molar-refractivity contribution in [1.82, 2.24) is 30.0 Å². The number of benzene rings is 1. The lowest BCUT2D eigenvalue weighted by Gasteiger charge is -2.18. The van der Waals surface area contributed by atoms with Crippen LogP contribution in [0.5, 0.6) is 5.75 Å². The second-order valence-corrected chi connectivity index (χ2v) is 7.94. The van der Waals surface area contributed by atoms with Crippen molar-refractivity contribution in [3.63, 3.8) is 0 Å². The standard InChI is InChI=1S/C20H28FN7O2.C2HF3O2/c1-5-28(6-2)20(29)25-16-12-22-26-18(16)19-23-14-10-13(21)17(11-15(14)24-19)30-9-7-8-27(3)4;3-2(4,5)1(6)7/h10-12H,5-9H2,1-4H3,(H,22,26)(H,23,24)(H,25,29);(H,6,7). The molecular formula is C22H29F4N7O4. The summed E-state index contributed by atoms with van der Waals surface area (Å²) in [6.07, 6.45) is -2.70. The number of carbonyl (C=O) groups is 2. The second-order valence-electron chi connectivity index (χ2n) is 7.94. The molecule has 0 bridgehead atoms. The van der Waals surface area contributed by atoms with Crippen molar-refractivity contribution >= 4 is 28.7 Å². The summed E-state index contributed by atoms with van der Waals surface area (Å²) in [5.41, 5.74) is 2.01. The van der Waals surface area contributed by atoms with Crippen LogP contribution in [-0.4, -0.2) is 93.6 Å². The molecule has 0 atom stereocenters.